The van der Waals surface area contributed by atoms with Gasteiger partial charge in [0.15, 0.2) is 0 Å². The first-order chi connectivity index (χ1) is 12.0. The molecule has 0 spiro atoms. The Morgan fingerprint density at radius 2 is 1.84 bits per heavy atom. The monoisotopic (exact) mass is 458 g/mol. The molecule has 0 aliphatic carbocycles. The fraction of sp³-hybridized carbons (Fsp3) is 0.632. The average molecular weight is 458 g/mol. The Bertz CT molecular complexity index is 521. The van der Waals surface area contributed by atoms with Crippen molar-refractivity contribution in [2.24, 2.45) is 5.92 Å². The number of hydrogen-bond donors (Lipinski definition) is 3. The molecule has 3 N–H and O–H groups in total. The van der Waals surface area contributed by atoms with Crippen LogP contribution in [0.1, 0.15) is 19.4 Å². The number of benzene rings is 1. The van der Waals surface area contributed by atoms with E-state index in [1.54, 1.807) is 0 Å². The highest BCUT2D eigenvalue weighted by molar-refractivity contribution is 14.1. The summed E-state index contributed by atoms with van der Waals surface area (Å²) in [4.78, 5) is 15.0. The summed E-state index contributed by atoms with van der Waals surface area (Å²) in [6.07, 6.45) is 0.723. The first-order valence-electron chi connectivity index (χ1n) is 9.23. The molecule has 0 bridgehead atoms. The maximum Gasteiger partial charge on any atom is 0.237 e. The van der Waals surface area contributed by atoms with Gasteiger partial charge in [-0.1, -0.05) is 26.0 Å². The second kappa shape index (κ2) is 11.1. The molecule has 140 valence electrons. The minimum absolute atomic E-state index is 0.0938. The van der Waals surface area contributed by atoms with Gasteiger partial charge in [-0.2, -0.15) is 0 Å². The molecular formula is C19H31IN4O. The van der Waals surface area contributed by atoms with Crippen LogP contribution in [0.15, 0.2) is 24.3 Å². The van der Waals surface area contributed by atoms with Crippen LogP contribution in [0.25, 0.3) is 0 Å². The van der Waals surface area contributed by atoms with Gasteiger partial charge in [-0.3, -0.25) is 4.79 Å². The van der Waals surface area contributed by atoms with Crippen molar-refractivity contribution in [2.45, 2.75) is 26.3 Å². The normalized spacial score (nSPS) is 21.4. The van der Waals surface area contributed by atoms with E-state index in [-0.39, 0.29) is 11.9 Å². The molecule has 1 saturated heterocycles. The van der Waals surface area contributed by atoms with Crippen molar-refractivity contribution in [2.75, 3.05) is 45.8 Å². The van der Waals surface area contributed by atoms with Gasteiger partial charge in [0.25, 0.3) is 0 Å². The van der Waals surface area contributed by atoms with E-state index >= 15 is 0 Å². The van der Waals surface area contributed by atoms with E-state index in [9.17, 15) is 4.79 Å². The molecule has 1 aliphatic rings. The summed E-state index contributed by atoms with van der Waals surface area (Å²) in [5.74, 6) is 0.745. The summed E-state index contributed by atoms with van der Waals surface area (Å²) in [5.41, 5.74) is 1.19. The Labute approximate surface area is 165 Å². The van der Waals surface area contributed by atoms with E-state index < -0.39 is 0 Å². The minimum Gasteiger partial charge on any atom is -0.353 e. The second-order valence-electron chi connectivity index (χ2n) is 7.07. The largest absolute Gasteiger partial charge is 0.353 e. The zero-order chi connectivity index (χ0) is 18.1. The molecule has 0 radical (unpaired) electrons. The van der Waals surface area contributed by atoms with Gasteiger partial charge in [0, 0.05) is 49.4 Å². The van der Waals surface area contributed by atoms with Crippen LogP contribution in [0.5, 0.6) is 0 Å². The number of carbonyl (C=O) groups is 1. The third-order valence-electron chi connectivity index (χ3n) is 4.32. The quantitative estimate of drug-likeness (QED) is 0.599. The van der Waals surface area contributed by atoms with Crippen LogP contribution in [-0.2, 0) is 11.2 Å². The number of hydrogen-bond acceptors (Lipinski definition) is 4. The Kier molecular flexibility index (Phi) is 9.16. The SMILES string of the molecule is CC(C)CN1CCNCCNC(=O)C(Cc2ccc(I)cc2)NCC1. The van der Waals surface area contributed by atoms with Crippen molar-refractivity contribution in [3.8, 4) is 0 Å². The van der Waals surface area contributed by atoms with Crippen LogP contribution in [0.4, 0.5) is 0 Å². The summed E-state index contributed by atoms with van der Waals surface area (Å²) in [7, 11) is 0. The van der Waals surface area contributed by atoms with Crippen molar-refractivity contribution in [3.63, 3.8) is 0 Å². The molecule has 1 aromatic carbocycles. The minimum atomic E-state index is -0.180. The number of amides is 1. The molecule has 0 saturated carbocycles. The van der Waals surface area contributed by atoms with Crippen LogP contribution < -0.4 is 16.0 Å². The lowest BCUT2D eigenvalue weighted by Crippen LogP contribution is -2.50. The van der Waals surface area contributed by atoms with Crippen LogP contribution >= 0.6 is 22.6 Å². The van der Waals surface area contributed by atoms with Crippen molar-refractivity contribution >= 4 is 28.5 Å². The highest BCUT2D eigenvalue weighted by Crippen LogP contribution is 2.09. The van der Waals surface area contributed by atoms with Gasteiger partial charge in [-0.05, 0) is 52.6 Å². The standard InChI is InChI=1S/C19H31IN4O/c1-15(2)14-24-11-9-21-7-8-23-19(25)18(22-10-12-24)13-16-3-5-17(20)6-4-16/h3-6,15,18,21-22H,7-14H2,1-2H3,(H,23,25). The zero-order valence-corrected chi connectivity index (χ0v) is 17.5. The van der Waals surface area contributed by atoms with E-state index in [1.165, 1.54) is 9.13 Å². The number of rotatable bonds is 4. The first-order valence-corrected chi connectivity index (χ1v) is 10.3. The van der Waals surface area contributed by atoms with Crippen molar-refractivity contribution in [1.29, 1.82) is 0 Å². The highest BCUT2D eigenvalue weighted by atomic mass is 127. The molecule has 1 aromatic rings. The molecule has 1 atom stereocenters. The van der Waals surface area contributed by atoms with Gasteiger partial charge in [0.2, 0.25) is 5.91 Å². The molecule has 1 heterocycles. The maximum absolute atomic E-state index is 12.5. The lowest BCUT2D eigenvalue weighted by Gasteiger charge is -2.27. The van der Waals surface area contributed by atoms with Crippen molar-refractivity contribution in [1.82, 2.24) is 20.9 Å². The predicted molar refractivity (Wildman–Crippen MR) is 112 cm³/mol. The molecule has 1 fully saturated rings. The van der Waals surface area contributed by atoms with Crippen molar-refractivity contribution in [3.05, 3.63) is 33.4 Å². The topological polar surface area (TPSA) is 56.4 Å². The molecule has 1 amide bonds. The van der Waals surface area contributed by atoms with Crippen molar-refractivity contribution < 1.29 is 4.79 Å². The Morgan fingerprint density at radius 1 is 1.12 bits per heavy atom. The van der Waals surface area contributed by atoms with Crippen LogP contribution in [0, 0.1) is 9.49 Å². The van der Waals surface area contributed by atoms with Gasteiger partial charge in [0.05, 0.1) is 6.04 Å². The molecule has 0 aromatic heterocycles. The molecule has 2 rings (SSSR count). The van der Waals surface area contributed by atoms with Gasteiger partial charge >= 0.3 is 0 Å². The fourth-order valence-electron chi connectivity index (χ4n) is 3.08. The maximum atomic E-state index is 12.5. The highest BCUT2D eigenvalue weighted by Gasteiger charge is 2.19. The Hall–Kier alpha value is -0.700. The summed E-state index contributed by atoms with van der Waals surface area (Å²) in [6, 6.07) is 8.23. The third kappa shape index (κ3) is 8.02. The Morgan fingerprint density at radius 3 is 2.56 bits per heavy atom. The van der Waals surface area contributed by atoms with Gasteiger partial charge in [0.1, 0.15) is 0 Å². The molecule has 1 unspecified atom stereocenters. The summed E-state index contributed by atoms with van der Waals surface area (Å²) < 4.78 is 1.22. The van der Waals surface area contributed by atoms with E-state index in [0.717, 1.165) is 45.7 Å². The zero-order valence-electron chi connectivity index (χ0n) is 15.4. The van der Waals surface area contributed by atoms with Crippen LogP contribution in [0.3, 0.4) is 0 Å². The summed E-state index contributed by atoms with van der Waals surface area (Å²) in [6.45, 7) is 10.9. The van der Waals surface area contributed by atoms with Crippen LogP contribution in [0.2, 0.25) is 0 Å². The molecule has 1 aliphatic heterocycles. The first kappa shape index (κ1) is 20.6. The van der Waals surface area contributed by atoms with E-state index in [4.69, 9.17) is 0 Å². The summed E-state index contributed by atoms with van der Waals surface area (Å²) >= 11 is 2.30. The number of halogens is 1. The van der Waals surface area contributed by atoms with Gasteiger partial charge in [-0.25, -0.2) is 0 Å². The Balaban J connectivity index is 1.97. The van der Waals surface area contributed by atoms with Gasteiger partial charge in [-0.15, -0.1) is 0 Å². The van der Waals surface area contributed by atoms with E-state index in [1.807, 2.05) is 0 Å². The molecule has 25 heavy (non-hydrogen) atoms. The lowest BCUT2D eigenvalue weighted by molar-refractivity contribution is -0.123. The molecule has 5 nitrogen and oxygen atoms in total. The lowest BCUT2D eigenvalue weighted by atomic mass is 10.1. The van der Waals surface area contributed by atoms with E-state index in [0.29, 0.717) is 12.5 Å². The molecule has 6 heteroatoms. The third-order valence-corrected chi connectivity index (χ3v) is 5.04. The number of nitrogens with zero attached hydrogens (tertiary/aromatic N) is 1. The smallest absolute Gasteiger partial charge is 0.237 e. The number of carbonyl (C=O) groups excluding carboxylic acids is 1. The van der Waals surface area contributed by atoms with Crippen LogP contribution in [-0.4, -0.2) is 62.7 Å². The van der Waals surface area contributed by atoms with E-state index in [2.05, 4.69) is 81.6 Å². The second-order valence-corrected chi connectivity index (χ2v) is 8.32. The van der Waals surface area contributed by atoms with Gasteiger partial charge < -0.3 is 20.9 Å². The summed E-state index contributed by atoms with van der Waals surface area (Å²) in [5, 5.41) is 9.94. The predicted octanol–water partition coefficient (Wildman–Crippen LogP) is 1.47. The molecular weight excluding hydrogens is 427 g/mol. The fourth-order valence-corrected chi connectivity index (χ4v) is 3.44. The number of nitrogens with one attached hydrogen (secondary N) is 3. The average Bonchev–Trinajstić information content (AvgIpc) is 2.56.